The molecule has 2 nitrogen and oxygen atoms in total. The zero-order chi connectivity index (χ0) is 16.0. The lowest BCUT2D eigenvalue weighted by atomic mass is 10.1. The minimum atomic E-state index is -4.36. The molecular weight excluding hydrogens is 293 g/mol. The second-order valence-corrected chi connectivity index (χ2v) is 4.54. The molecule has 2 aromatic rings. The van der Waals surface area contributed by atoms with Crippen molar-refractivity contribution in [3.05, 3.63) is 77.8 Å². The lowest BCUT2D eigenvalue weighted by Crippen LogP contribution is -2.07. The van der Waals surface area contributed by atoms with E-state index in [0.717, 1.165) is 12.1 Å². The Morgan fingerprint density at radius 1 is 1.14 bits per heavy atom. The van der Waals surface area contributed by atoms with Crippen molar-refractivity contribution in [2.24, 2.45) is 0 Å². The molecule has 22 heavy (non-hydrogen) atoms. The first-order chi connectivity index (χ1) is 10.5. The number of alkyl halides is 3. The van der Waals surface area contributed by atoms with Crippen molar-refractivity contribution in [2.45, 2.75) is 12.3 Å². The summed E-state index contributed by atoms with van der Waals surface area (Å²) in [5.74, 6) is 0.692. The Morgan fingerprint density at radius 2 is 1.95 bits per heavy atom. The van der Waals surface area contributed by atoms with Crippen LogP contribution >= 0.6 is 0 Å². The molecule has 0 aliphatic heterocycles. The average molecular weight is 308 g/mol. The topological polar surface area (TPSA) is 22.4 Å². The molecule has 0 N–H and O–H groups in total. The van der Waals surface area contributed by atoms with Gasteiger partial charge < -0.3 is 9.15 Å². The van der Waals surface area contributed by atoms with Crippen molar-refractivity contribution in [3.63, 3.8) is 0 Å². The van der Waals surface area contributed by atoms with E-state index < -0.39 is 17.8 Å². The SMILES string of the molecule is COC(/C=C/C=C/c1ccco1)c1cccc(C(F)(F)F)c1. The van der Waals surface area contributed by atoms with Crippen molar-refractivity contribution in [3.8, 4) is 0 Å². The van der Waals surface area contributed by atoms with Crippen LogP contribution in [-0.4, -0.2) is 7.11 Å². The Hall–Kier alpha value is -2.27. The molecule has 2 rings (SSSR count). The third kappa shape index (κ3) is 4.36. The number of ether oxygens (including phenoxy) is 1. The van der Waals surface area contributed by atoms with E-state index in [1.807, 2.05) is 0 Å². The van der Waals surface area contributed by atoms with Gasteiger partial charge in [0.2, 0.25) is 0 Å². The van der Waals surface area contributed by atoms with E-state index in [9.17, 15) is 13.2 Å². The number of allylic oxidation sites excluding steroid dienone is 2. The summed E-state index contributed by atoms with van der Waals surface area (Å²) in [7, 11) is 1.45. The summed E-state index contributed by atoms with van der Waals surface area (Å²) in [6.07, 6.45) is 3.50. The molecule has 1 aromatic heterocycles. The summed E-state index contributed by atoms with van der Waals surface area (Å²) in [6.45, 7) is 0. The smallest absolute Gasteiger partial charge is 0.416 e. The second kappa shape index (κ2) is 7.13. The van der Waals surface area contributed by atoms with Gasteiger partial charge in [-0.2, -0.15) is 13.2 Å². The molecule has 0 spiro atoms. The van der Waals surface area contributed by atoms with Crippen LogP contribution in [0, 0.1) is 0 Å². The number of furan rings is 1. The van der Waals surface area contributed by atoms with Gasteiger partial charge in [0, 0.05) is 7.11 Å². The van der Waals surface area contributed by atoms with Crippen molar-refractivity contribution in [1.29, 1.82) is 0 Å². The fraction of sp³-hybridized carbons (Fsp3) is 0.176. The van der Waals surface area contributed by atoms with Crippen LogP contribution in [0.5, 0.6) is 0 Å². The summed E-state index contributed by atoms with van der Waals surface area (Å²) in [4.78, 5) is 0. The number of methoxy groups -OCH3 is 1. The maximum Gasteiger partial charge on any atom is 0.416 e. The van der Waals surface area contributed by atoms with Crippen LogP contribution in [0.25, 0.3) is 6.08 Å². The predicted molar refractivity (Wildman–Crippen MR) is 78.1 cm³/mol. The van der Waals surface area contributed by atoms with Gasteiger partial charge in [0.25, 0.3) is 0 Å². The number of rotatable bonds is 5. The summed E-state index contributed by atoms with van der Waals surface area (Å²) >= 11 is 0. The van der Waals surface area contributed by atoms with Gasteiger partial charge in [-0.3, -0.25) is 0 Å². The first-order valence-electron chi connectivity index (χ1n) is 6.59. The van der Waals surface area contributed by atoms with E-state index in [1.54, 1.807) is 48.8 Å². The molecule has 1 heterocycles. The van der Waals surface area contributed by atoms with E-state index in [1.165, 1.54) is 13.2 Å². The minimum Gasteiger partial charge on any atom is -0.465 e. The molecule has 0 saturated heterocycles. The molecule has 0 aliphatic carbocycles. The molecule has 1 aromatic carbocycles. The normalized spacial score (nSPS) is 14.0. The summed E-state index contributed by atoms with van der Waals surface area (Å²) < 4.78 is 48.5. The second-order valence-electron chi connectivity index (χ2n) is 4.54. The Bertz CT molecular complexity index is 640. The van der Waals surface area contributed by atoms with Crippen molar-refractivity contribution < 1.29 is 22.3 Å². The molecule has 0 saturated carbocycles. The first kappa shape index (κ1) is 16.1. The monoisotopic (exact) mass is 308 g/mol. The van der Waals surface area contributed by atoms with Gasteiger partial charge in [-0.1, -0.05) is 30.4 Å². The van der Waals surface area contributed by atoms with Crippen LogP contribution in [0.4, 0.5) is 13.2 Å². The highest BCUT2D eigenvalue weighted by atomic mass is 19.4. The van der Waals surface area contributed by atoms with Gasteiger partial charge >= 0.3 is 6.18 Å². The Balaban J connectivity index is 2.11. The van der Waals surface area contributed by atoms with E-state index in [-0.39, 0.29) is 0 Å². The lowest BCUT2D eigenvalue weighted by Gasteiger charge is -2.13. The van der Waals surface area contributed by atoms with Gasteiger partial charge in [0.15, 0.2) is 0 Å². The highest BCUT2D eigenvalue weighted by Crippen LogP contribution is 2.31. The van der Waals surface area contributed by atoms with Gasteiger partial charge in [-0.25, -0.2) is 0 Å². The zero-order valence-corrected chi connectivity index (χ0v) is 11.9. The van der Waals surface area contributed by atoms with Crippen molar-refractivity contribution in [1.82, 2.24) is 0 Å². The van der Waals surface area contributed by atoms with Crippen LogP contribution in [-0.2, 0) is 10.9 Å². The maximum atomic E-state index is 12.7. The van der Waals surface area contributed by atoms with Gasteiger partial charge in [0.05, 0.1) is 11.8 Å². The molecule has 0 bridgehead atoms. The van der Waals surface area contributed by atoms with Crippen LogP contribution in [0.2, 0.25) is 0 Å². The summed E-state index contributed by atoms with van der Waals surface area (Å²) in [6, 6.07) is 8.67. The summed E-state index contributed by atoms with van der Waals surface area (Å²) in [5, 5.41) is 0. The predicted octanol–water partition coefficient (Wildman–Crippen LogP) is 5.26. The molecule has 1 atom stereocenters. The van der Waals surface area contributed by atoms with Gasteiger partial charge in [-0.15, -0.1) is 0 Å². The van der Waals surface area contributed by atoms with Crippen LogP contribution < -0.4 is 0 Å². The van der Waals surface area contributed by atoms with E-state index >= 15 is 0 Å². The van der Waals surface area contributed by atoms with E-state index in [2.05, 4.69) is 0 Å². The van der Waals surface area contributed by atoms with Gasteiger partial charge in [-0.05, 0) is 35.9 Å². The van der Waals surface area contributed by atoms with E-state index in [0.29, 0.717) is 11.3 Å². The lowest BCUT2D eigenvalue weighted by molar-refractivity contribution is -0.137. The van der Waals surface area contributed by atoms with Crippen LogP contribution in [0.15, 0.2) is 65.3 Å². The third-order valence-electron chi connectivity index (χ3n) is 3.00. The number of halogens is 3. The molecule has 0 fully saturated rings. The van der Waals surface area contributed by atoms with Crippen LogP contribution in [0.3, 0.4) is 0 Å². The molecule has 0 aliphatic rings. The minimum absolute atomic E-state index is 0.444. The highest BCUT2D eigenvalue weighted by molar-refractivity contribution is 5.45. The quantitative estimate of drug-likeness (QED) is 0.703. The third-order valence-corrected chi connectivity index (χ3v) is 3.00. The van der Waals surface area contributed by atoms with E-state index in [4.69, 9.17) is 9.15 Å². The Kier molecular flexibility index (Phi) is 5.22. The highest BCUT2D eigenvalue weighted by Gasteiger charge is 2.30. The number of benzene rings is 1. The fourth-order valence-electron chi connectivity index (χ4n) is 1.92. The molecule has 116 valence electrons. The Morgan fingerprint density at radius 3 is 2.59 bits per heavy atom. The maximum absolute atomic E-state index is 12.7. The zero-order valence-electron chi connectivity index (χ0n) is 11.9. The molecule has 1 unspecified atom stereocenters. The summed E-state index contributed by atoms with van der Waals surface area (Å²) in [5.41, 5.74) is -0.244. The van der Waals surface area contributed by atoms with Crippen molar-refractivity contribution >= 4 is 6.08 Å². The average Bonchev–Trinajstić information content (AvgIpc) is 3.00. The largest absolute Gasteiger partial charge is 0.465 e. The number of hydrogen-bond donors (Lipinski definition) is 0. The van der Waals surface area contributed by atoms with Crippen LogP contribution in [0.1, 0.15) is 23.0 Å². The molecule has 5 heteroatoms. The Labute approximate surface area is 126 Å². The first-order valence-corrected chi connectivity index (χ1v) is 6.59. The van der Waals surface area contributed by atoms with Crippen molar-refractivity contribution in [2.75, 3.05) is 7.11 Å². The van der Waals surface area contributed by atoms with Gasteiger partial charge in [0.1, 0.15) is 11.9 Å². The molecular formula is C17H15F3O2. The molecule has 0 radical (unpaired) electrons. The molecule has 0 amide bonds. The standard InChI is InChI=1S/C17H15F3O2/c1-21-16(10-3-2-8-15-9-5-11-22-15)13-6-4-7-14(12-13)17(18,19)20/h2-12,16H,1H3/b8-2+,10-3+. The number of hydrogen-bond acceptors (Lipinski definition) is 2. The fourth-order valence-corrected chi connectivity index (χ4v) is 1.92.